The Balaban J connectivity index is 1.09. The molecule has 0 bridgehead atoms. The van der Waals surface area contributed by atoms with Crippen molar-refractivity contribution in [1.82, 2.24) is 4.98 Å². The van der Waals surface area contributed by atoms with Gasteiger partial charge in [-0.3, -0.25) is 9.98 Å². The summed E-state index contributed by atoms with van der Waals surface area (Å²) in [7, 11) is 0. The predicted molar refractivity (Wildman–Crippen MR) is 258 cm³/mol. The van der Waals surface area contributed by atoms with Gasteiger partial charge in [0.25, 0.3) is 0 Å². The highest BCUT2D eigenvalue weighted by atomic mass is 15.0. The Morgan fingerprint density at radius 3 is 1.75 bits per heavy atom. The van der Waals surface area contributed by atoms with E-state index >= 15 is 0 Å². The van der Waals surface area contributed by atoms with Gasteiger partial charge in [0.15, 0.2) is 11.7 Å². The fraction of sp³-hybridized carbons (Fsp3) is 0.0175. The molecule has 61 heavy (non-hydrogen) atoms. The van der Waals surface area contributed by atoms with Crippen LogP contribution in [0.5, 0.6) is 0 Å². The van der Waals surface area contributed by atoms with Crippen LogP contribution in [0.2, 0.25) is 0 Å². The molecule has 10 rings (SSSR count). The van der Waals surface area contributed by atoms with Gasteiger partial charge in [-0.1, -0.05) is 170 Å². The quantitative estimate of drug-likeness (QED) is 0.0860. The number of benzene rings is 9. The molecule has 9 aromatic carbocycles. The number of nitrogens with zero attached hydrogens (tertiary/aromatic N) is 4. The Morgan fingerprint density at radius 2 is 1.00 bits per heavy atom. The van der Waals surface area contributed by atoms with Crippen LogP contribution >= 0.6 is 0 Å². The smallest absolute Gasteiger partial charge is 0.161 e. The average molecular weight is 781 g/mol. The van der Waals surface area contributed by atoms with E-state index in [-0.39, 0.29) is 0 Å². The standard InChI is InChI=1S/C57H40N4/c1-58-56(42-15-4-2-5-16-42)61-57(43-17-6-3-7-18-43)60-38-39-33-47(36-48(34-39)44-20-14-21-45(35-44)50-31-32-59-55-26-13-12-25-53(50)55)40-27-29-41(30-28-40)54-37-46-19-8-9-22-49(46)51-23-10-11-24-52(51)54/h2-37H,1,38H2. The normalized spacial score (nSPS) is 11.9. The van der Waals surface area contributed by atoms with Gasteiger partial charge in [-0.15, -0.1) is 0 Å². The Kier molecular flexibility index (Phi) is 10.2. The summed E-state index contributed by atoms with van der Waals surface area (Å²) in [5.74, 6) is 1.12. The predicted octanol–water partition coefficient (Wildman–Crippen LogP) is 14.3. The Labute approximate surface area is 355 Å². The first kappa shape index (κ1) is 37.2. The summed E-state index contributed by atoms with van der Waals surface area (Å²) in [6.07, 6.45) is 1.89. The molecule has 0 amide bonds. The van der Waals surface area contributed by atoms with Crippen LogP contribution in [0.25, 0.3) is 77.0 Å². The van der Waals surface area contributed by atoms with Crippen LogP contribution in [0.15, 0.2) is 233 Å². The van der Waals surface area contributed by atoms with Crippen molar-refractivity contribution in [2.75, 3.05) is 0 Å². The molecule has 1 aromatic heterocycles. The number of amidine groups is 2. The number of fused-ring (bicyclic) bond motifs is 4. The van der Waals surface area contributed by atoms with Crippen LogP contribution in [0, 0.1) is 0 Å². The second-order valence-corrected chi connectivity index (χ2v) is 15.1. The number of aromatic nitrogens is 1. The zero-order valence-electron chi connectivity index (χ0n) is 33.5. The van der Waals surface area contributed by atoms with Crippen molar-refractivity contribution in [3.63, 3.8) is 0 Å². The summed E-state index contributed by atoms with van der Waals surface area (Å²) in [4.78, 5) is 19.1. The summed E-state index contributed by atoms with van der Waals surface area (Å²) >= 11 is 0. The molecule has 4 heteroatoms. The molecule has 0 aliphatic carbocycles. The van der Waals surface area contributed by atoms with Crippen molar-refractivity contribution in [3.8, 4) is 44.5 Å². The lowest BCUT2D eigenvalue weighted by atomic mass is 9.91. The minimum atomic E-state index is 0.406. The molecule has 0 spiro atoms. The van der Waals surface area contributed by atoms with E-state index in [1.165, 1.54) is 32.7 Å². The first-order valence-electron chi connectivity index (χ1n) is 20.5. The SMILES string of the molecule is C=NC(=NC(=NCc1cc(-c2ccc(-c3cc4ccccc4c4ccccc34)cc2)cc(-c2cccc(-c3ccnc4ccccc34)c2)c1)c1ccccc1)c1ccccc1. The van der Waals surface area contributed by atoms with Crippen LogP contribution in [0.4, 0.5) is 0 Å². The van der Waals surface area contributed by atoms with Gasteiger partial charge in [0.2, 0.25) is 0 Å². The number of hydrogen-bond donors (Lipinski definition) is 0. The van der Waals surface area contributed by atoms with Crippen molar-refractivity contribution in [1.29, 1.82) is 0 Å². The summed E-state index contributed by atoms with van der Waals surface area (Å²) in [5, 5.41) is 6.14. The largest absolute Gasteiger partial charge is 0.261 e. The van der Waals surface area contributed by atoms with Crippen molar-refractivity contribution in [2.24, 2.45) is 15.0 Å². The third kappa shape index (κ3) is 7.67. The first-order valence-corrected chi connectivity index (χ1v) is 20.5. The first-order chi connectivity index (χ1) is 30.2. The maximum Gasteiger partial charge on any atom is 0.161 e. The summed E-state index contributed by atoms with van der Waals surface area (Å²) in [5.41, 5.74) is 13.0. The average Bonchev–Trinajstić information content (AvgIpc) is 3.34. The van der Waals surface area contributed by atoms with E-state index in [4.69, 9.17) is 9.98 Å². The molecule has 0 aliphatic rings. The monoisotopic (exact) mass is 780 g/mol. The molecular weight excluding hydrogens is 741 g/mol. The zero-order valence-corrected chi connectivity index (χ0v) is 33.5. The number of rotatable bonds is 8. The van der Waals surface area contributed by atoms with Crippen molar-refractivity contribution < 1.29 is 0 Å². The summed E-state index contributed by atoms with van der Waals surface area (Å²) < 4.78 is 0. The lowest BCUT2D eigenvalue weighted by Gasteiger charge is -2.14. The minimum Gasteiger partial charge on any atom is -0.261 e. The Morgan fingerprint density at radius 1 is 0.410 bits per heavy atom. The van der Waals surface area contributed by atoms with Gasteiger partial charge in [-0.05, 0) is 121 Å². The minimum absolute atomic E-state index is 0.406. The number of aliphatic imine (C=N–C) groups is 3. The van der Waals surface area contributed by atoms with Crippen LogP contribution in [0.3, 0.4) is 0 Å². The molecule has 0 aliphatic heterocycles. The van der Waals surface area contributed by atoms with Crippen molar-refractivity contribution in [3.05, 3.63) is 235 Å². The third-order valence-electron chi connectivity index (χ3n) is 11.3. The molecule has 288 valence electrons. The van der Waals surface area contributed by atoms with Crippen LogP contribution in [0.1, 0.15) is 16.7 Å². The van der Waals surface area contributed by atoms with E-state index in [1.807, 2.05) is 72.9 Å². The molecule has 0 atom stereocenters. The van der Waals surface area contributed by atoms with Gasteiger partial charge < -0.3 is 0 Å². The molecule has 0 saturated carbocycles. The van der Waals surface area contributed by atoms with Gasteiger partial charge in [-0.25, -0.2) is 9.98 Å². The van der Waals surface area contributed by atoms with Crippen LogP contribution in [-0.2, 0) is 6.54 Å². The second kappa shape index (κ2) is 16.6. The van der Waals surface area contributed by atoms with Crippen LogP contribution < -0.4 is 0 Å². The van der Waals surface area contributed by atoms with Gasteiger partial charge >= 0.3 is 0 Å². The molecule has 0 fully saturated rings. The number of para-hydroxylation sites is 1. The number of pyridine rings is 1. The van der Waals surface area contributed by atoms with E-state index in [0.717, 1.165) is 61.0 Å². The lowest BCUT2D eigenvalue weighted by Crippen LogP contribution is -2.05. The topological polar surface area (TPSA) is 50.0 Å². The molecular formula is C57H40N4. The van der Waals surface area contributed by atoms with Crippen molar-refractivity contribution in [2.45, 2.75) is 6.54 Å². The Bertz CT molecular complexity index is 3270. The molecule has 0 N–H and O–H groups in total. The molecule has 0 saturated heterocycles. The van der Waals surface area contributed by atoms with Crippen molar-refractivity contribution >= 4 is 50.8 Å². The molecule has 4 nitrogen and oxygen atoms in total. The summed E-state index contributed by atoms with van der Waals surface area (Å²) in [6, 6.07) is 74.6. The van der Waals surface area contributed by atoms with Gasteiger partial charge in [0, 0.05) is 22.7 Å². The zero-order chi connectivity index (χ0) is 41.0. The van der Waals surface area contributed by atoms with E-state index in [9.17, 15) is 0 Å². The van der Waals surface area contributed by atoms with Gasteiger partial charge in [0.05, 0.1) is 12.1 Å². The third-order valence-corrected chi connectivity index (χ3v) is 11.3. The molecule has 0 radical (unpaired) electrons. The molecule has 10 aromatic rings. The maximum atomic E-state index is 5.19. The van der Waals surface area contributed by atoms with Gasteiger partial charge in [0.1, 0.15) is 0 Å². The highest BCUT2D eigenvalue weighted by Gasteiger charge is 2.13. The van der Waals surface area contributed by atoms with Gasteiger partial charge in [-0.2, -0.15) is 0 Å². The lowest BCUT2D eigenvalue weighted by molar-refractivity contribution is 1.06. The molecule has 0 unspecified atom stereocenters. The fourth-order valence-electron chi connectivity index (χ4n) is 8.29. The van der Waals surface area contributed by atoms with E-state index in [2.05, 4.69) is 162 Å². The van der Waals surface area contributed by atoms with E-state index in [1.54, 1.807) is 0 Å². The number of hydrogen-bond acceptors (Lipinski definition) is 2. The Hall–Kier alpha value is -8.08. The molecule has 1 heterocycles. The fourth-order valence-corrected chi connectivity index (χ4v) is 8.29. The van der Waals surface area contributed by atoms with Crippen LogP contribution in [-0.4, -0.2) is 23.4 Å². The maximum absolute atomic E-state index is 5.19. The summed E-state index contributed by atoms with van der Waals surface area (Å²) in [6.45, 7) is 4.26. The van der Waals surface area contributed by atoms with E-state index in [0.29, 0.717) is 18.2 Å². The second-order valence-electron chi connectivity index (χ2n) is 15.1. The highest BCUT2D eigenvalue weighted by Crippen LogP contribution is 2.37. The van der Waals surface area contributed by atoms with E-state index < -0.39 is 0 Å². The highest BCUT2D eigenvalue weighted by molar-refractivity contribution is 6.14.